The Balaban J connectivity index is 1.76. The Kier molecular flexibility index (Phi) is 8.05. The number of nitrogens with one attached hydrogen (secondary N) is 1. The fourth-order valence-corrected chi connectivity index (χ4v) is 3.71. The van der Waals surface area contributed by atoms with Crippen molar-refractivity contribution < 1.29 is 19.1 Å². The van der Waals surface area contributed by atoms with Crippen LogP contribution in [0.4, 0.5) is 0 Å². The van der Waals surface area contributed by atoms with Crippen LogP contribution in [0.15, 0.2) is 77.7 Å². The van der Waals surface area contributed by atoms with Gasteiger partial charge in [-0.25, -0.2) is 0 Å². The molecule has 32 heavy (non-hydrogen) atoms. The first-order chi connectivity index (χ1) is 15.5. The van der Waals surface area contributed by atoms with E-state index in [-0.39, 0.29) is 12.5 Å². The Morgan fingerprint density at radius 2 is 1.72 bits per heavy atom. The number of methoxy groups -OCH3 is 1. The third kappa shape index (κ3) is 5.76. The van der Waals surface area contributed by atoms with E-state index >= 15 is 0 Å². The molecule has 0 heterocycles. The van der Waals surface area contributed by atoms with Gasteiger partial charge < -0.3 is 10.1 Å². The largest absolute Gasteiger partial charge is 0.497 e. The van der Waals surface area contributed by atoms with Crippen LogP contribution in [0.25, 0.3) is 0 Å². The monoisotopic (exact) mass is 448 g/mol. The molecule has 0 bridgehead atoms. The normalized spacial score (nSPS) is 10.3. The van der Waals surface area contributed by atoms with Crippen molar-refractivity contribution in [3.8, 4) is 5.75 Å². The Morgan fingerprint density at radius 3 is 2.34 bits per heavy atom. The molecule has 0 aliphatic rings. The fourth-order valence-electron chi connectivity index (χ4n) is 3.14. The molecule has 1 N–H and O–H groups in total. The van der Waals surface area contributed by atoms with Crippen LogP contribution in [0.2, 0.25) is 0 Å². The highest BCUT2D eigenvalue weighted by atomic mass is 32.2. The van der Waals surface area contributed by atoms with Crippen molar-refractivity contribution in [2.24, 2.45) is 0 Å². The molecule has 3 rings (SSSR count). The molecule has 0 aromatic heterocycles. The van der Waals surface area contributed by atoms with Crippen molar-refractivity contribution in [3.05, 3.63) is 95.1 Å². The van der Waals surface area contributed by atoms with Crippen LogP contribution in [0.3, 0.4) is 0 Å². The Morgan fingerprint density at radius 1 is 1.00 bits per heavy atom. The van der Waals surface area contributed by atoms with E-state index in [0.29, 0.717) is 29.0 Å². The van der Waals surface area contributed by atoms with E-state index in [2.05, 4.69) is 5.32 Å². The van der Waals surface area contributed by atoms with Gasteiger partial charge in [-0.15, -0.1) is 11.8 Å². The number of hydrogen-bond donors (Lipinski definition) is 1. The molecule has 0 spiro atoms. The van der Waals surface area contributed by atoms with Gasteiger partial charge in [0, 0.05) is 17.0 Å². The molecule has 3 aromatic carbocycles. The minimum absolute atomic E-state index is 0.158. The summed E-state index contributed by atoms with van der Waals surface area (Å²) in [4.78, 5) is 39.3. The maximum Gasteiger partial charge on any atom is 0.261 e. The molecule has 3 aromatic rings. The van der Waals surface area contributed by atoms with Gasteiger partial charge in [-0.3, -0.25) is 19.3 Å². The van der Waals surface area contributed by atoms with Crippen LogP contribution in [-0.2, 0) is 17.9 Å². The number of hydrogen-bond acceptors (Lipinski definition) is 5. The SMILES string of the molecule is COc1ccc(CNC(=O)c2ccc(SC)c(C(=O)N(C=O)Cc3ccccc3)c2)cc1. The van der Waals surface area contributed by atoms with Crippen LogP contribution in [0.5, 0.6) is 5.75 Å². The van der Waals surface area contributed by atoms with Crippen LogP contribution in [-0.4, -0.2) is 36.5 Å². The third-order valence-electron chi connectivity index (χ3n) is 4.89. The number of thioether (sulfide) groups is 1. The van der Waals surface area contributed by atoms with E-state index < -0.39 is 5.91 Å². The first-order valence-electron chi connectivity index (χ1n) is 9.95. The molecule has 3 amide bonds. The highest BCUT2D eigenvalue weighted by molar-refractivity contribution is 7.98. The number of carbonyl (C=O) groups excluding carboxylic acids is 3. The minimum atomic E-state index is -0.446. The lowest BCUT2D eigenvalue weighted by Crippen LogP contribution is -2.30. The van der Waals surface area contributed by atoms with Crippen molar-refractivity contribution >= 4 is 30.0 Å². The molecule has 0 saturated heterocycles. The van der Waals surface area contributed by atoms with Gasteiger partial charge in [-0.2, -0.15) is 0 Å². The standard InChI is InChI=1S/C25H24N2O4S/c1-31-21-11-8-18(9-12-21)15-26-24(29)20-10-13-23(32-2)22(14-20)25(30)27(17-28)16-19-6-4-3-5-7-19/h3-14,17H,15-16H2,1-2H3,(H,26,29). The van der Waals surface area contributed by atoms with E-state index in [1.807, 2.05) is 60.9 Å². The zero-order chi connectivity index (χ0) is 22.9. The molecular formula is C25H24N2O4S. The van der Waals surface area contributed by atoms with E-state index in [1.54, 1.807) is 25.3 Å². The van der Waals surface area contributed by atoms with Crippen LogP contribution in [0.1, 0.15) is 31.8 Å². The maximum atomic E-state index is 13.1. The first kappa shape index (κ1) is 23.1. The molecule has 0 aliphatic heterocycles. The molecule has 0 radical (unpaired) electrons. The van der Waals surface area contributed by atoms with E-state index in [4.69, 9.17) is 4.74 Å². The molecule has 7 heteroatoms. The smallest absolute Gasteiger partial charge is 0.261 e. The van der Waals surface area contributed by atoms with Crippen molar-refractivity contribution in [1.82, 2.24) is 10.2 Å². The van der Waals surface area contributed by atoms with Crippen LogP contribution >= 0.6 is 11.8 Å². The second-order valence-electron chi connectivity index (χ2n) is 6.97. The van der Waals surface area contributed by atoms with Crippen molar-refractivity contribution in [2.45, 2.75) is 18.0 Å². The average Bonchev–Trinajstić information content (AvgIpc) is 2.85. The summed E-state index contributed by atoms with van der Waals surface area (Å²) in [5, 5.41) is 2.86. The summed E-state index contributed by atoms with van der Waals surface area (Å²) in [5.74, 6) is -0.00707. The van der Waals surface area contributed by atoms with E-state index in [9.17, 15) is 14.4 Å². The minimum Gasteiger partial charge on any atom is -0.497 e. The number of amides is 3. The van der Waals surface area contributed by atoms with Gasteiger partial charge in [-0.1, -0.05) is 42.5 Å². The Bertz CT molecular complexity index is 1080. The van der Waals surface area contributed by atoms with E-state index in [1.165, 1.54) is 11.8 Å². The van der Waals surface area contributed by atoms with Crippen molar-refractivity contribution in [3.63, 3.8) is 0 Å². The predicted molar refractivity (Wildman–Crippen MR) is 125 cm³/mol. The summed E-state index contributed by atoms with van der Waals surface area (Å²) in [5.41, 5.74) is 2.43. The van der Waals surface area contributed by atoms with Gasteiger partial charge in [0.2, 0.25) is 6.41 Å². The molecule has 0 fully saturated rings. The highest BCUT2D eigenvalue weighted by Crippen LogP contribution is 2.24. The number of imide groups is 1. The topological polar surface area (TPSA) is 75.7 Å². The maximum absolute atomic E-state index is 13.1. The molecule has 0 atom stereocenters. The summed E-state index contributed by atoms with van der Waals surface area (Å²) < 4.78 is 5.14. The Hall–Kier alpha value is -3.58. The molecule has 164 valence electrons. The molecule has 6 nitrogen and oxygen atoms in total. The molecular weight excluding hydrogens is 424 g/mol. The lowest BCUT2D eigenvalue weighted by Gasteiger charge is -2.18. The predicted octanol–water partition coefficient (Wildman–Crippen LogP) is 4.15. The zero-order valence-electron chi connectivity index (χ0n) is 17.9. The van der Waals surface area contributed by atoms with Gasteiger partial charge in [-0.05, 0) is 47.7 Å². The van der Waals surface area contributed by atoms with Crippen molar-refractivity contribution in [1.29, 1.82) is 0 Å². The first-order valence-corrected chi connectivity index (χ1v) is 11.2. The van der Waals surface area contributed by atoms with Crippen LogP contribution < -0.4 is 10.1 Å². The van der Waals surface area contributed by atoms with Gasteiger partial charge in [0.1, 0.15) is 5.75 Å². The lowest BCUT2D eigenvalue weighted by molar-refractivity contribution is -0.116. The molecule has 0 aliphatic carbocycles. The number of rotatable bonds is 9. The number of benzene rings is 3. The highest BCUT2D eigenvalue weighted by Gasteiger charge is 2.20. The van der Waals surface area contributed by atoms with Crippen LogP contribution in [0, 0.1) is 0 Å². The second kappa shape index (κ2) is 11.2. The summed E-state index contributed by atoms with van der Waals surface area (Å²) in [6.07, 6.45) is 2.37. The van der Waals surface area contributed by atoms with Gasteiger partial charge in [0.25, 0.3) is 11.8 Å². The van der Waals surface area contributed by atoms with Gasteiger partial charge in [0.15, 0.2) is 0 Å². The van der Waals surface area contributed by atoms with Gasteiger partial charge in [0.05, 0.1) is 19.2 Å². The summed E-state index contributed by atoms with van der Waals surface area (Å²) in [6.45, 7) is 0.496. The summed E-state index contributed by atoms with van der Waals surface area (Å²) in [6, 6.07) is 21.6. The molecule has 0 saturated carbocycles. The number of nitrogens with zero attached hydrogens (tertiary/aromatic N) is 1. The summed E-state index contributed by atoms with van der Waals surface area (Å²) in [7, 11) is 1.60. The van der Waals surface area contributed by atoms with Gasteiger partial charge >= 0.3 is 0 Å². The fraction of sp³-hybridized carbons (Fsp3) is 0.160. The number of carbonyl (C=O) groups is 3. The van der Waals surface area contributed by atoms with E-state index in [0.717, 1.165) is 21.8 Å². The number of ether oxygens (including phenoxy) is 1. The quantitative estimate of drug-likeness (QED) is 0.393. The Labute approximate surface area is 191 Å². The second-order valence-corrected chi connectivity index (χ2v) is 7.82. The molecule has 0 unspecified atom stereocenters. The lowest BCUT2D eigenvalue weighted by atomic mass is 10.1. The zero-order valence-corrected chi connectivity index (χ0v) is 18.7. The summed E-state index contributed by atoms with van der Waals surface area (Å²) >= 11 is 1.39. The average molecular weight is 449 g/mol. The van der Waals surface area contributed by atoms with Crippen molar-refractivity contribution in [2.75, 3.05) is 13.4 Å². The third-order valence-corrected chi connectivity index (χ3v) is 5.68.